The molecule has 2 aliphatic rings. The molecule has 0 bridgehead atoms. The van der Waals surface area contributed by atoms with Crippen molar-refractivity contribution < 1.29 is 17.9 Å². The largest absolute Gasteiger partial charge is 0.368 e. The normalized spacial score (nSPS) is 20.9. The first-order chi connectivity index (χ1) is 10.6. The fourth-order valence-electron chi connectivity index (χ4n) is 2.91. The van der Waals surface area contributed by atoms with Crippen molar-refractivity contribution in [2.45, 2.75) is 25.4 Å². The van der Waals surface area contributed by atoms with E-state index in [1.807, 2.05) is 24.3 Å². The molecule has 0 spiro atoms. The van der Waals surface area contributed by atoms with Gasteiger partial charge in [-0.2, -0.15) is 0 Å². The Hall–Kier alpha value is -1.60. The lowest BCUT2D eigenvalue weighted by Gasteiger charge is -2.20. The summed E-state index contributed by atoms with van der Waals surface area (Å²) in [6, 6.07) is 7.53. The average Bonchev–Trinajstić information content (AvgIpc) is 3.16. The molecule has 1 aromatic rings. The van der Waals surface area contributed by atoms with Crippen molar-refractivity contribution in [1.82, 2.24) is 5.32 Å². The van der Waals surface area contributed by atoms with Crippen LogP contribution in [0.15, 0.2) is 24.3 Å². The predicted octanol–water partition coefficient (Wildman–Crippen LogP) is 0.674. The predicted molar refractivity (Wildman–Crippen MR) is 83.3 cm³/mol. The van der Waals surface area contributed by atoms with Crippen LogP contribution in [0.2, 0.25) is 0 Å². The average molecular weight is 324 g/mol. The lowest BCUT2D eigenvalue weighted by Crippen LogP contribution is -2.40. The summed E-state index contributed by atoms with van der Waals surface area (Å²) in [6.07, 6.45) is 1.90. The van der Waals surface area contributed by atoms with E-state index in [0.29, 0.717) is 19.6 Å². The number of carbonyl (C=O) groups is 1. The monoisotopic (exact) mass is 324 g/mol. The van der Waals surface area contributed by atoms with Gasteiger partial charge in [0, 0.05) is 19.7 Å². The van der Waals surface area contributed by atoms with Gasteiger partial charge in [0.05, 0.1) is 11.4 Å². The first kappa shape index (κ1) is 15.3. The van der Waals surface area contributed by atoms with Gasteiger partial charge >= 0.3 is 0 Å². The molecule has 0 unspecified atom stereocenters. The van der Waals surface area contributed by atoms with Gasteiger partial charge in [0.2, 0.25) is 15.9 Å². The summed E-state index contributed by atoms with van der Waals surface area (Å²) in [7, 11) is -3.41. The molecule has 2 heterocycles. The number of fused-ring (bicyclic) bond motifs is 1. The van der Waals surface area contributed by atoms with E-state index in [1.165, 1.54) is 4.31 Å². The van der Waals surface area contributed by atoms with Crippen molar-refractivity contribution in [2.75, 3.05) is 29.8 Å². The van der Waals surface area contributed by atoms with Crippen molar-refractivity contribution in [1.29, 1.82) is 0 Å². The number of benzene rings is 1. The lowest BCUT2D eigenvalue weighted by atomic mass is 10.2. The Balaban J connectivity index is 1.57. The van der Waals surface area contributed by atoms with Crippen LogP contribution in [0.5, 0.6) is 0 Å². The molecule has 3 rings (SSSR count). The molecular formula is C15H20N2O4S. The van der Waals surface area contributed by atoms with Crippen molar-refractivity contribution in [3.63, 3.8) is 0 Å². The third-order valence-electron chi connectivity index (χ3n) is 4.06. The number of nitrogens with zero attached hydrogens (tertiary/aromatic N) is 1. The zero-order valence-corrected chi connectivity index (χ0v) is 13.1. The van der Waals surface area contributed by atoms with Crippen LogP contribution in [0.4, 0.5) is 5.69 Å². The first-order valence-corrected chi connectivity index (χ1v) is 9.16. The number of anilines is 1. The Kier molecular flexibility index (Phi) is 4.35. The third-order valence-corrected chi connectivity index (χ3v) is 5.83. The molecular weight excluding hydrogens is 304 g/mol. The molecule has 6 nitrogen and oxygen atoms in total. The van der Waals surface area contributed by atoms with E-state index >= 15 is 0 Å². The van der Waals surface area contributed by atoms with Crippen molar-refractivity contribution in [2.24, 2.45) is 0 Å². The molecule has 1 N–H and O–H groups in total. The van der Waals surface area contributed by atoms with Gasteiger partial charge in [-0.25, -0.2) is 8.42 Å². The smallest absolute Gasteiger partial charge is 0.249 e. The maximum atomic E-state index is 12.4. The zero-order valence-electron chi connectivity index (χ0n) is 12.3. The van der Waals surface area contributed by atoms with Crippen LogP contribution < -0.4 is 9.62 Å². The van der Waals surface area contributed by atoms with Gasteiger partial charge in [0.1, 0.15) is 6.10 Å². The van der Waals surface area contributed by atoms with Crippen LogP contribution in [0, 0.1) is 0 Å². The highest BCUT2D eigenvalue weighted by Gasteiger charge is 2.29. The second kappa shape index (κ2) is 6.26. The maximum Gasteiger partial charge on any atom is 0.249 e. The molecule has 7 heteroatoms. The van der Waals surface area contributed by atoms with E-state index in [9.17, 15) is 13.2 Å². The van der Waals surface area contributed by atoms with Crippen molar-refractivity contribution >= 4 is 21.6 Å². The van der Waals surface area contributed by atoms with Crippen LogP contribution in [-0.4, -0.2) is 45.9 Å². The Morgan fingerprint density at radius 2 is 2.18 bits per heavy atom. The Morgan fingerprint density at radius 3 is 2.95 bits per heavy atom. The minimum atomic E-state index is -3.41. The minimum absolute atomic E-state index is 0.0974. The van der Waals surface area contributed by atoms with Crippen LogP contribution in [0.1, 0.15) is 18.4 Å². The molecule has 0 radical (unpaired) electrons. The summed E-state index contributed by atoms with van der Waals surface area (Å²) in [5.74, 6) is -0.311. The topological polar surface area (TPSA) is 75.7 Å². The van der Waals surface area contributed by atoms with E-state index in [1.54, 1.807) is 0 Å². The summed E-state index contributed by atoms with van der Waals surface area (Å²) in [6.45, 7) is 1.18. The standard InChI is InChI=1S/C15H20N2O4S/c18-15(14-6-3-10-21-14)16-8-11-22(19,20)17-9-7-12-4-1-2-5-13(12)17/h1-2,4-5,14H,3,6-11H2,(H,16,18)/t14-/m0/s1. The van der Waals surface area contributed by atoms with E-state index < -0.39 is 16.1 Å². The zero-order chi connectivity index (χ0) is 15.6. The number of para-hydroxylation sites is 1. The van der Waals surface area contributed by atoms with E-state index in [0.717, 1.165) is 24.1 Å². The van der Waals surface area contributed by atoms with Gasteiger partial charge in [-0.15, -0.1) is 0 Å². The fraction of sp³-hybridized carbons (Fsp3) is 0.533. The molecule has 0 aliphatic carbocycles. The highest BCUT2D eigenvalue weighted by atomic mass is 32.2. The van der Waals surface area contributed by atoms with Gasteiger partial charge in [0.25, 0.3) is 0 Å². The molecule has 0 saturated carbocycles. The number of ether oxygens (including phenoxy) is 1. The SMILES string of the molecule is O=C(NCCS(=O)(=O)N1CCc2ccccc21)[C@@H]1CCCO1. The van der Waals surface area contributed by atoms with Gasteiger partial charge < -0.3 is 10.1 Å². The van der Waals surface area contributed by atoms with Gasteiger partial charge in [-0.05, 0) is 30.9 Å². The van der Waals surface area contributed by atoms with Gasteiger partial charge in [-0.1, -0.05) is 18.2 Å². The number of nitrogens with one attached hydrogen (secondary N) is 1. The maximum absolute atomic E-state index is 12.4. The van der Waals surface area contributed by atoms with E-state index in [2.05, 4.69) is 5.32 Å². The molecule has 22 heavy (non-hydrogen) atoms. The summed E-state index contributed by atoms with van der Waals surface area (Å²) in [5, 5.41) is 2.66. The molecule has 1 saturated heterocycles. The van der Waals surface area contributed by atoms with Crippen molar-refractivity contribution in [3.8, 4) is 0 Å². The van der Waals surface area contributed by atoms with E-state index in [-0.39, 0.29) is 18.2 Å². The van der Waals surface area contributed by atoms with Crippen LogP contribution in [0.3, 0.4) is 0 Å². The molecule has 1 aromatic carbocycles. The Bertz CT molecular complexity index is 653. The molecule has 2 aliphatic heterocycles. The summed E-state index contributed by atoms with van der Waals surface area (Å²) in [5.41, 5.74) is 1.81. The number of sulfonamides is 1. The summed E-state index contributed by atoms with van der Waals surface area (Å²) >= 11 is 0. The number of hydrogen-bond acceptors (Lipinski definition) is 4. The number of amides is 1. The minimum Gasteiger partial charge on any atom is -0.368 e. The van der Waals surface area contributed by atoms with E-state index in [4.69, 9.17) is 4.74 Å². The number of carbonyl (C=O) groups excluding carboxylic acids is 1. The van der Waals surface area contributed by atoms with Gasteiger partial charge in [-0.3, -0.25) is 9.10 Å². The molecule has 0 aromatic heterocycles. The number of hydrogen-bond donors (Lipinski definition) is 1. The number of rotatable bonds is 5. The molecule has 120 valence electrons. The summed E-state index contributed by atoms with van der Waals surface area (Å²) in [4.78, 5) is 11.8. The highest BCUT2D eigenvalue weighted by molar-refractivity contribution is 7.92. The third kappa shape index (κ3) is 3.10. The fourth-order valence-corrected chi connectivity index (χ4v) is 4.34. The van der Waals surface area contributed by atoms with Crippen LogP contribution in [0.25, 0.3) is 0 Å². The summed E-state index contributed by atoms with van der Waals surface area (Å²) < 4.78 is 31.6. The highest BCUT2D eigenvalue weighted by Crippen LogP contribution is 2.29. The Labute approximate surface area is 130 Å². The Morgan fingerprint density at radius 1 is 1.36 bits per heavy atom. The quantitative estimate of drug-likeness (QED) is 0.864. The van der Waals surface area contributed by atoms with Crippen molar-refractivity contribution in [3.05, 3.63) is 29.8 Å². The van der Waals surface area contributed by atoms with Gasteiger partial charge in [0.15, 0.2) is 0 Å². The second-order valence-electron chi connectivity index (χ2n) is 5.56. The lowest BCUT2D eigenvalue weighted by molar-refractivity contribution is -0.129. The molecule has 1 fully saturated rings. The van der Waals surface area contributed by atoms with Crippen LogP contribution >= 0.6 is 0 Å². The second-order valence-corrected chi connectivity index (χ2v) is 7.57. The van der Waals surface area contributed by atoms with Crippen LogP contribution in [-0.2, 0) is 26.0 Å². The molecule has 1 amide bonds. The molecule has 1 atom stereocenters. The first-order valence-electron chi connectivity index (χ1n) is 7.55.